The van der Waals surface area contributed by atoms with Crippen LogP contribution in [0.4, 0.5) is 17.1 Å². The molecular weight excluding hydrogens is 275 g/mol. The van der Waals surface area contributed by atoms with Gasteiger partial charge >= 0.3 is 0 Å². The van der Waals surface area contributed by atoms with E-state index in [-0.39, 0.29) is 10.6 Å². The van der Waals surface area contributed by atoms with Crippen LogP contribution in [0.1, 0.15) is 0 Å². The molecule has 0 amide bonds. The van der Waals surface area contributed by atoms with E-state index in [4.69, 9.17) is 28.9 Å². The quantitative estimate of drug-likeness (QED) is 0.831. The van der Waals surface area contributed by atoms with Crippen molar-refractivity contribution in [3.63, 3.8) is 0 Å². The van der Waals surface area contributed by atoms with E-state index >= 15 is 0 Å². The van der Waals surface area contributed by atoms with Gasteiger partial charge in [0.2, 0.25) is 0 Å². The Morgan fingerprint density at radius 1 is 1.33 bits per heavy atom. The molecule has 18 heavy (non-hydrogen) atoms. The highest BCUT2D eigenvalue weighted by molar-refractivity contribution is 6.34. The standard InChI is InChI=1S/C11H10Cl2N4O/c1-17-11(18)10(13)9(5-15-17)16-8-4-6(14)2-3-7(8)12/h2-5,16H,14H2,1H3. The van der Waals surface area contributed by atoms with Crippen molar-refractivity contribution in [3.8, 4) is 0 Å². The molecule has 0 unspecified atom stereocenters. The van der Waals surface area contributed by atoms with Crippen molar-refractivity contribution in [2.75, 3.05) is 11.1 Å². The topological polar surface area (TPSA) is 72.9 Å². The van der Waals surface area contributed by atoms with Crippen molar-refractivity contribution in [1.29, 1.82) is 0 Å². The van der Waals surface area contributed by atoms with Crippen LogP contribution in [0.25, 0.3) is 0 Å². The lowest BCUT2D eigenvalue weighted by Gasteiger charge is -2.10. The summed E-state index contributed by atoms with van der Waals surface area (Å²) < 4.78 is 1.15. The lowest BCUT2D eigenvalue weighted by molar-refractivity contribution is 0.709. The Morgan fingerprint density at radius 2 is 2.06 bits per heavy atom. The van der Waals surface area contributed by atoms with E-state index < -0.39 is 0 Å². The van der Waals surface area contributed by atoms with Crippen LogP contribution >= 0.6 is 23.2 Å². The van der Waals surface area contributed by atoms with Crippen molar-refractivity contribution >= 4 is 40.3 Å². The second-order valence-corrected chi connectivity index (χ2v) is 4.45. The maximum Gasteiger partial charge on any atom is 0.287 e. The van der Waals surface area contributed by atoms with Gasteiger partial charge in [0, 0.05) is 12.7 Å². The molecule has 1 heterocycles. The molecule has 2 aromatic rings. The van der Waals surface area contributed by atoms with Crippen molar-refractivity contribution < 1.29 is 0 Å². The fraction of sp³-hybridized carbons (Fsp3) is 0.0909. The third-order valence-electron chi connectivity index (χ3n) is 2.34. The van der Waals surface area contributed by atoms with Gasteiger partial charge in [-0.15, -0.1) is 0 Å². The molecule has 0 saturated heterocycles. The largest absolute Gasteiger partial charge is 0.399 e. The zero-order valence-electron chi connectivity index (χ0n) is 9.45. The number of aromatic nitrogens is 2. The average Bonchev–Trinajstić information content (AvgIpc) is 2.34. The van der Waals surface area contributed by atoms with E-state index in [1.807, 2.05) is 0 Å². The Hall–Kier alpha value is -1.72. The highest BCUT2D eigenvalue weighted by Crippen LogP contribution is 2.29. The van der Waals surface area contributed by atoms with Gasteiger partial charge in [-0.25, -0.2) is 4.68 Å². The van der Waals surface area contributed by atoms with E-state index in [2.05, 4.69) is 10.4 Å². The average molecular weight is 285 g/mol. The van der Waals surface area contributed by atoms with Crippen molar-refractivity contribution in [3.05, 3.63) is 44.8 Å². The van der Waals surface area contributed by atoms with Crippen molar-refractivity contribution in [2.24, 2.45) is 7.05 Å². The number of aryl methyl sites for hydroxylation is 1. The molecule has 0 radical (unpaired) electrons. The maximum absolute atomic E-state index is 11.6. The van der Waals surface area contributed by atoms with Crippen LogP contribution in [0.5, 0.6) is 0 Å². The number of nitrogens with zero attached hydrogens (tertiary/aromatic N) is 2. The molecule has 3 N–H and O–H groups in total. The fourth-order valence-electron chi connectivity index (χ4n) is 1.38. The summed E-state index contributed by atoms with van der Waals surface area (Å²) in [4.78, 5) is 11.6. The molecule has 94 valence electrons. The number of hydrogen-bond donors (Lipinski definition) is 2. The second-order valence-electron chi connectivity index (χ2n) is 3.67. The maximum atomic E-state index is 11.6. The lowest BCUT2D eigenvalue weighted by atomic mass is 10.2. The first-order valence-electron chi connectivity index (χ1n) is 5.03. The number of nitrogens with one attached hydrogen (secondary N) is 1. The molecule has 1 aromatic heterocycles. The molecule has 0 aliphatic carbocycles. The second kappa shape index (κ2) is 4.88. The van der Waals surface area contributed by atoms with Gasteiger partial charge in [-0.2, -0.15) is 5.10 Å². The van der Waals surface area contributed by atoms with Crippen LogP contribution in [0.3, 0.4) is 0 Å². The third kappa shape index (κ3) is 2.42. The van der Waals surface area contributed by atoms with E-state index in [1.165, 1.54) is 13.2 Å². The molecule has 7 heteroatoms. The van der Waals surface area contributed by atoms with E-state index in [0.717, 1.165) is 4.68 Å². The summed E-state index contributed by atoms with van der Waals surface area (Å²) in [5, 5.41) is 7.32. The predicted molar refractivity (Wildman–Crippen MR) is 73.6 cm³/mol. The number of benzene rings is 1. The van der Waals surface area contributed by atoms with Gasteiger partial charge in [-0.05, 0) is 18.2 Å². The molecular formula is C11H10Cl2N4O. The molecule has 0 bridgehead atoms. The van der Waals surface area contributed by atoms with Crippen molar-refractivity contribution in [2.45, 2.75) is 0 Å². The Kier molecular flexibility index (Phi) is 3.45. The minimum atomic E-state index is -0.387. The third-order valence-corrected chi connectivity index (χ3v) is 3.03. The summed E-state index contributed by atoms with van der Waals surface area (Å²) in [7, 11) is 1.52. The summed E-state index contributed by atoms with van der Waals surface area (Å²) in [6.45, 7) is 0. The molecule has 2 rings (SSSR count). The minimum absolute atomic E-state index is 0.0472. The number of nitrogen functional groups attached to an aromatic ring is 1. The molecule has 5 nitrogen and oxygen atoms in total. The molecule has 1 aromatic carbocycles. The van der Waals surface area contributed by atoms with Crippen LogP contribution in [-0.2, 0) is 7.05 Å². The Labute approximate surface area is 113 Å². The Morgan fingerprint density at radius 3 is 2.78 bits per heavy atom. The molecule has 0 saturated carbocycles. The number of anilines is 3. The number of rotatable bonds is 2. The monoisotopic (exact) mass is 284 g/mol. The van der Waals surface area contributed by atoms with Crippen LogP contribution in [0.2, 0.25) is 10.0 Å². The van der Waals surface area contributed by atoms with Crippen LogP contribution in [0, 0.1) is 0 Å². The molecule has 0 fully saturated rings. The minimum Gasteiger partial charge on any atom is -0.399 e. The molecule has 0 aliphatic heterocycles. The van der Waals surface area contributed by atoms with Crippen molar-refractivity contribution in [1.82, 2.24) is 9.78 Å². The smallest absolute Gasteiger partial charge is 0.287 e. The molecule has 0 atom stereocenters. The van der Waals surface area contributed by atoms with E-state index in [0.29, 0.717) is 22.1 Å². The van der Waals surface area contributed by atoms with Gasteiger partial charge in [-0.1, -0.05) is 23.2 Å². The summed E-state index contributed by atoms with van der Waals surface area (Å²) in [6.07, 6.45) is 1.45. The lowest BCUT2D eigenvalue weighted by Crippen LogP contribution is -2.20. The van der Waals surface area contributed by atoms with Crippen LogP contribution in [-0.4, -0.2) is 9.78 Å². The predicted octanol–water partition coefficient (Wildman–Crippen LogP) is 2.41. The van der Waals surface area contributed by atoms with E-state index in [1.54, 1.807) is 18.2 Å². The van der Waals surface area contributed by atoms with Gasteiger partial charge in [0.1, 0.15) is 5.02 Å². The number of nitrogens with two attached hydrogens (primary N) is 1. The first-order chi connectivity index (χ1) is 8.49. The SMILES string of the molecule is Cn1ncc(Nc2cc(N)ccc2Cl)c(Cl)c1=O. The van der Waals surface area contributed by atoms with Gasteiger partial charge in [0.15, 0.2) is 0 Å². The first kappa shape index (κ1) is 12.7. The summed E-state index contributed by atoms with van der Waals surface area (Å²) >= 11 is 11.9. The van der Waals surface area contributed by atoms with E-state index in [9.17, 15) is 4.79 Å². The Balaban J connectivity index is 2.43. The normalized spacial score (nSPS) is 10.4. The summed E-state index contributed by atoms with van der Waals surface area (Å²) in [6, 6.07) is 4.98. The van der Waals surface area contributed by atoms with Crippen LogP contribution in [0.15, 0.2) is 29.2 Å². The Bertz CT molecular complexity index is 654. The van der Waals surface area contributed by atoms with Gasteiger partial charge < -0.3 is 11.1 Å². The highest BCUT2D eigenvalue weighted by atomic mass is 35.5. The fourth-order valence-corrected chi connectivity index (χ4v) is 1.76. The zero-order valence-corrected chi connectivity index (χ0v) is 11.0. The summed E-state index contributed by atoms with van der Waals surface area (Å²) in [5.74, 6) is 0. The number of hydrogen-bond acceptors (Lipinski definition) is 4. The van der Waals surface area contributed by atoms with Crippen LogP contribution < -0.4 is 16.6 Å². The molecule has 0 aliphatic rings. The van der Waals surface area contributed by atoms with Gasteiger partial charge in [0.05, 0.1) is 22.6 Å². The van der Waals surface area contributed by atoms with Gasteiger partial charge in [0.25, 0.3) is 5.56 Å². The summed E-state index contributed by atoms with van der Waals surface area (Å²) in [5.41, 5.74) is 6.77. The zero-order chi connectivity index (χ0) is 13.3. The van der Waals surface area contributed by atoms with Gasteiger partial charge in [-0.3, -0.25) is 4.79 Å². The number of halogens is 2. The first-order valence-corrected chi connectivity index (χ1v) is 5.78. The molecule has 0 spiro atoms. The highest BCUT2D eigenvalue weighted by Gasteiger charge is 2.09.